The van der Waals surface area contributed by atoms with Crippen molar-refractivity contribution in [3.8, 4) is 0 Å². The number of rotatable bonds is 4. The largest absolute Gasteiger partial charge is 0.346 e. The zero-order valence-electron chi connectivity index (χ0n) is 10.2. The van der Waals surface area contributed by atoms with E-state index in [0.717, 1.165) is 18.4 Å². The van der Waals surface area contributed by atoms with Crippen LogP contribution in [0.25, 0.3) is 0 Å². The second-order valence-electron chi connectivity index (χ2n) is 4.79. The molecule has 88 valence electrons. The molecule has 2 rings (SSSR count). The molecule has 0 unspecified atom stereocenters. The second kappa shape index (κ2) is 3.92. The second-order valence-corrected chi connectivity index (χ2v) is 4.79. The van der Waals surface area contributed by atoms with Gasteiger partial charge >= 0.3 is 0 Å². The van der Waals surface area contributed by atoms with Crippen LogP contribution in [-0.4, -0.2) is 15.7 Å². The summed E-state index contributed by atoms with van der Waals surface area (Å²) >= 11 is 0. The minimum Gasteiger partial charge on any atom is -0.346 e. The number of hydrogen-bond acceptors (Lipinski definition) is 2. The number of aromatic nitrogens is 2. The van der Waals surface area contributed by atoms with Crippen LogP contribution in [0.3, 0.4) is 0 Å². The summed E-state index contributed by atoms with van der Waals surface area (Å²) < 4.78 is 1.94. The topological polar surface area (TPSA) is 46.9 Å². The minimum atomic E-state index is -0.111. The van der Waals surface area contributed by atoms with Crippen molar-refractivity contribution >= 4 is 5.91 Å². The quantitative estimate of drug-likeness (QED) is 0.845. The SMILES string of the molecule is CCC(=O)NC1(c2cnn(C(C)C)c2)CC1. The van der Waals surface area contributed by atoms with Gasteiger partial charge in [-0.25, -0.2) is 0 Å². The van der Waals surface area contributed by atoms with Gasteiger partial charge in [-0.15, -0.1) is 0 Å². The number of carbonyl (C=O) groups excluding carboxylic acids is 1. The van der Waals surface area contributed by atoms with Crippen molar-refractivity contribution in [3.63, 3.8) is 0 Å². The summed E-state index contributed by atoms with van der Waals surface area (Å²) in [4.78, 5) is 11.4. The summed E-state index contributed by atoms with van der Waals surface area (Å²) in [6.07, 6.45) is 6.53. The van der Waals surface area contributed by atoms with Crippen LogP contribution in [0.1, 0.15) is 51.6 Å². The molecule has 0 saturated heterocycles. The Kier molecular flexibility index (Phi) is 2.74. The Morgan fingerprint density at radius 2 is 2.31 bits per heavy atom. The van der Waals surface area contributed by atoms with Gasteiger partial charge in [-0.3, -0.25) is 9.48 Å². The summed E-state index contributed by atoms with van der Waals surface area (Å²) in [6, 6.07) is 0.367. The lowest BCUT2D eigenvalue weighted by molar-refractivity contribution is -0.121. The van der Waals surface area contributed by atoms with Gasteiger partial charge in [-0.2, -0.15) is 5.10 Å². The van der Waals surface area contributed by atoms with E-state index in [-0.39, 0.29) is 11.4 Å². The summed E-state index contributed by atoms with van der Waals surface area (Å²) in [5.41, 5.74) is 1.03. The highest BCUT2D eigenvalue weighted by atomic mass is 16.1. The fraction of sp³-hybridized carbons (Fsp3) is 0.667. The molecule has 1 heterocycles. The van der Waals surface area contributed by atoms with Crippen molar-refractivity contribution in [2.75, 3.05) is 0 Å². The zero-order chi connectivity index (χ0) is 11.8. The fourth-order valence-corrected chi connectivity index (χ4v) is 1.83. The standard InChI is InChI=1S/C12H19N3O/c1-4-11(16)14-12(5-6-12)10-7-13-15(8-10)9(2)3/h7-9H,4-6H2,1-3H3,(H,14,16). The third-order valence-electron chi connectivity index (χ3n) is 3.13. The van der Waals surface area contributed by atoms with Crippen molar-refractivity contribution in [1.82, 2.24) is 15.1 Å². The normalized spacial score (nSPS) is 17.5. The number of carbonyl (C=O) groups is 1. The maximum absolute atomic E-state index is 11.4. The first kappa shape index (κ1) is 11.2. The van der Waals surface area contributed by atoms with Gasteiger partial charge < -0.3 is 5.32 Å². The Bertz CT molecular complexity index is 391. The molecule has 16 heavy (non-hydrogen) atoms. The van der Waals surface area contributed by atoms with E-state index < -0.39 is 0 Å². The molecule has 1 aliphatic carbocycles. The lowest BCUT2D eigenvalue weighted by atomic mass is 10.1. The molecule has 1 amide bonds. The third-order valence-corrected chi connectivity index (χ3v) is 3.13. The molecule has 0 radical (unpaired) electrons. The van der Waals surface area contributed by atoms with Gasteiger partial charge in [0.05, 0.1) is 11.7 Å². The van der Waals surface area contributed by atoms with Gasteiger partial charge in [0.15, 0.2) is 0 Å². The Labute approximate surface area is 96.0 Å². The van der Waals surface area contributed by atoms with Crippen molar-refractivity contribution in [1.29, 1.82) is 0 Å². The highest BCUT2D eigenvalue weighted by Gasteiger charge is 2.46. The fourth-order valence-electron chi connectivity index (χ4n) is 1.83. The summed E-state index contributed by atoms with van der Waals surface area (Å²) in [5, 5.41) is 7.41. The molecule has 1 fully saturated rings. The van der Waals surface area contributed by atoms with Gasteiger partial charge in [0.1, 0.15) is 0 Å². The Hall–Kier alpha value is -1.32. The van der Waals surface area contributed by atoms with Crippen molar-refractivity contribution in [2.45, 2.75) is 51.6 Å². The first-order chi connectivity index (χ1) is 7.57. The molecule has 4 heteroatoms. The monoisotopic (exact) mass is 221 g/mol. The molecule has 0 atom stereocenters. The van der Waals surface area contributed by atoms with E-state index >= 15 is 0 Å². The maximum Gasteiger partial charge on any atom is 0.220 e. The smallest absolute Gasteiger partial charge is 0.220 e. The lowest BCUT2D eigenvalue weighted by Crippen LogP contribution is -2.34. The van der Waals surface area contributed by atoms with Crippen LogP contribution in [0.4, 0.5) is 0 Å². The molecule has 0 aliphatic heterocycles. The average Bonchev–Trinajstić information content (AvgIpc) is 2.84. The number of nitrogens with zero attached hydrogens (tertiary/aromatic N) is 2. The minimum absolute atomic E-state index is 0.111. The highest BCUT2D eigenvalue weighted by molar-refractivity contribution is 5.77. The average molecular weight is 221 g/mol. The van der Waals surface area contributed by atoms with Gasteiger partial charge in [0, 0.05) is 24.2 Å². The summed E-state index contributed by atoms with van der Waals surface area (Å²) in [6.45, 7) is 6.07. The molecule has 0 spiro atoms. The predicted molar refractivity (Wildman–Crippen MR) is 62.0 cm³/mol. The van der Waals surface area contributed by atoms with Crippen molar-refractivity contribution in [2.24, 2.45) is 0 Å². The van der Waals surface area contributed by atoms with Crippen molar-refractivity contribution in [3.05, 3.63) is 18.0 Å². The third kappa shape index (κ3) is 1.96. The molecule has 0 bridgehead atoms. The molecule has 0 aromatic carbocycles. The highest BCUT2D eigenvalue weighted by Crippen LogP contribution is 2.45. The molecule has 1 aliphatic rings. The van der Waals surface area contributed by atoms with Gasteiger partial charge in [0.2, 0.25) is 5.91 Å². The predicted octanol–water partition coefficient (Wildman–Crippen LogP) is 1.98. The van der Waals surface area contributed by atoms with Crippen molar-refractivity contribution < 1.29 is 4.79 Å². The first-order valence-electron chi connectivity index (χ1n) is 5.93. The molecule has 1 aromatic heterocycles. The Balaban J connectivity index is 2.14. The lowest BCUT2D eigenvalue weighted by Gasteiger charge is -2.15. The number of amides is 1. The Morgan fingerprint density at radius 1 is 1.62 bits per heavy atom. The van der Waals surface area contributed by atoms with Crippen LogP contribution in [0.2, 0.25) is 0 Å². The van der Waals surface area contributed by atoms with E-state index in [1.807, 2.05) is 24.0 Å². The molecule has 1 N–H and O–H groups in total. The molecule has 4 nitrogen and oxygen atoms in total. The van der Waals surface area contributed by atoms with E-state index in [0.29, 0.717) is 12.5 Å². The van der Waals surface area contributed by atoms with Crippen LogP contribution >= 0.6 is 0 Å². The van der Waals surface area contributed by atoms with Crippen LogP contribution < -0.4 is 5.32 Å². The van der Waals surface area contributed by atoms with E-state index in [9.17, 15) is 4.79 Å². The van der Waals surface area contributed by atoms with Gasteiger partial charge in [-0.1, -0.05) is 6.92 Å². The van der Waals surface area contributed by atoms with Gasteiger partial charge in [-0.05, 0) is 26.7 Å². The van der Waals surface area contributed by atoms with E-state index in [2.05, 4.69) is 24.3 Å². The first-order valence-corrected chi connectivity index (χ1v) is 5.93. The molecule has 1 aromatic rings. The number of hydrogen-bond donors (Lipinski definition) is 1. The van der Waals surface area contributed by atoms with E-state index in [1.165, 1.54) is 0 Å². The molecular formula is C12H19N3O. The number of nitrogens with one attached hydrogen (secondary N) is 1. The van der Waals surface area contributed by atoms with E-state index in [1.54, 1.807) is 0 Å². The van der Waals surface area contributed by atoms with Crippen LogP contribution in [0, 0.1) is 0 Å². The van der Waals surface area contributed by atoms with Gasteiger partial charge in [0.25, 0.3) is 0 Å². The molecular weight excluding hydrogens is 202 g/mol. The maximum atomic E-state index is 11.4. The van der Waals surface area contributed by atoms with Crippen LogP contribution in [0.5, 0.6) is 0 Å². The Morgan fingerprint density at radius 3 is 2.75 bits per heavy atom. The van der Waals surface area contributed by atoms with Crippen LogP contribution in [-0.2, 0) is 10.3 Å². The van der Waals surface area contributed by atoms with E-state index in [4.69, 9.17) is 0 Å². The molecule has 1 saturated carbocycles. The van der Waals surface area contributed by atoms with Crippen LogP contribution in [0.15, 0.2) is 12.4 Å². The zero-order valence-corrected chi connectivity index (χ0v) is 10.2. The summed E-state index contributed by atoms with van der Waals surface area (Å²) in [5.74, 6) is 0.120. The summed E-state index contributed by atoms with van der Waals surface area (Å²) in [7, 11) is 0.